The number of methoxy groups -OCH3 is 1. The van der Waals surface area contributed by atoms with E-state index in [0.29, 0.717) is 63.2 Å². The van der Waals surface area contributed by atoms with Gasteiger partial charge >= 0.3 is 0 Å². The van der Waals surface area contributed by atoms with Gasteiger partial charge < -0.3 is 24.3 Å². The first-order valence-electron chi connectivity index (χ1n) is 18.4. The zero-order chi connectivity index (χ0) is 36.7. The molecule has 53 heavy (non-hydrogen) atoms. The fraction of sp³-hybridized carbons (Fsp3) is 0.415. The number of amides is 1. The molecular weight excluding hydrogens is 714 g/mol. The van der Waals surface area contributed by atoms with Crippen molar-refractivity contribution in [1.82, 2.24) is 24.8 Å². The number of nitrogens with one attached hydrogen (secondary N) is 1. The Balaban J connectivity index is 1.26. The Kier molecular flexibility index (Phi) is 8.52. The van der Waals surface area contributed by atoms with Crippen LogP contribution >= 0.6 is 23.2 Å². The number of fused-ring (bicyclic) bond motifs is 4. The van der Waals surface area contributed by atoms with Crippen molar-refractivity contribution in [2.24, 2.45) is 11.8 Å². The van der Waals surface area contributed by atoms with Gasteiger partial charge in [0.15, 0.2) is 5.82 Å². The van der Waals surface area contributed by atoms with Gasteiger partial charge in [-0.05, 0) is 75.3 Å². The van der Waals surface area contributed by atoms with Crippen LogP contribution in [0.5, 0.6) is 11.6 Å². The first-order chi connectivity index (χ1) is 25.7. The zero-order valence-electron chi connectivity index (χ0n) is 29.7. The molecule has 3 aliphatic heterocycles. The van der Waals surface area contributed by atoms with Crippen LogP contribution in [0, 0.1) is 35.9 Å². The molecule has 2 bridgehead atoms. The molecule has 6 unspecified atom stereocenters. The molecule has 5 aliphatic rings. The maximum atomic E-state index is 17.2. The lowest BCUT2D eigenvalue weighted by Gasteiger charge is -2.39. The van der Waals surface area contributed by atoms with E-state index in [2.05, 4.69) is 38.8 Å². The van der Waals surface area contributed by atoms with Crippen LogP contribution in [-0.4, -0.2) is 57.2 Å². The van der Waals surface area contributed by atoms with Crippen LogP contribution < -0.4 is 14.8 Å². The molecule has 2 aliphatic carbocycles. The number of pyridine rings is 2. The van der Waals surface area contributed by atoms with Crippen LogP contribution in [0.3, 0.4) is 0 Å². The summed E-state index contributed by atoms with van der Waals surface area (Å²) in [6, 6.07) is 15.1. The first kappa shape index (κ1) is 34.3. The number of aromatic nitrogens is 3. The van der Waals surface area contributed by atoms with Gasteiger partial charge in [-0.15, -0.1) is 0 Å². The number of hydrogen-bond acceptors (Lipinski definition) is 7. The summed E-state index contributed by atoms with van der Waals surface area (Å²) >= 11 is 13.1. The maximum Gasteiger partial charge on any atom is 0.226 e. The quantitative estimate of drug-likeness (QED) is 0.161. The van der Waals surface area contributed by atoms with Crippen LogP contribution in [0.2, 0.25) is 10.0 Å². The largest absolute Gasteiger partial charge is 0.488 e. The molecule has 2 aromatic carbocycles. The summed E-state index contributed by atoms with van der Waals surface area (Å²) in [6.45, 7) is 4.90. The topological polar surface area (TPSA) is 105 Å². The number of aryl methyl sites for hydroxylation is 2. The highest BCUT2D eigenvalue weighted by molar-refractivity contribution is 6.43. The van der Waals surface area contributed by atoms with Crippen molar-refractivity contribution in [3.63, 3.8) is 0 Å². The van der Waals surface area contributed by atoms with Crippen molar-refractivity contribution in [3.05, 3.63) is 81.5 Å². The summed E-state index contributed by atoms with van der Waals surface area (Å²) in [6.07, 6.45) is 5.32. The Morgan fingerprint density at radius 3 is 2.70 bits per heavy atom. The third-order valence-corrected chi connectivity index (χ3v) is 12.7. The molecule has 0 spiro atoms. The molecule has 6 atom stereocenters. The van der Waals surface area contributed by atoms with E-state index in [0.717, 1.165) is 42.4 Å². The summed E-state index contributed by atoms with van der Waals surface area (Å²) in [4.78, 5) is 25.4. The minimum Gasteiger partial charge on any atom is -0.488 e. The van der Waals surface area contributed by atoms with E-state index in [1.165, 1.54) is 0 Å². The van der Waals surface area contributed by atoms with E-state index < -0.39 is 5.82 Å². The molecule has 3 saturated heterocycles. The first-order valence-corrected chi connectivity index (χ1v) is 19.1. The molecule has 6 heterocycles. The average Bonchev–Trinajstić information content (AvgIpc) is 3.41. The summed E-state index contributed by atoms with van der Waals surface area (Å²) < 4.78 is 31.6. The van der Waals surface area contributed by atoms with Gasteiger partial charge in [-0.1, -0.05) is 35.3 Å². The number of ether oxygens (including phenoxy) is 2. The molecule has 5 fully saturated rings. The summed E-state index contributed by atoms with van der Waals surface area (Å²) in [5.41, 5.74) is 4.30. The highest BCUT2D eigenvalue weighted by atomic mass is 35.5. The molecule has 272 valence electrons. The van der Waals surface area contributed by atoms with Gasteiger partial charge in [-0.3, -0.25) is 4.79 Å². The Labute approximate surface area is 317 Å². The summed E-state index contributed by atoms with van der Waals surface area (Å²) in [7, 11) is 1.57. The standard InChI is InChI=1S/C41H39Cl2FN6O3/c1-20-27-17-31(32-18-33(21(2)49(32)41(51)22-9-10-22)53-25-11-13-46-34(16-25)52-3)50(39-24-15-30(39)47-19-24)40(27)28-14-23(6-5-12-45)35(37(44)38(28)48-20)26-7-4-8-29(42)36(26)43/h4,7-8,11,13-14,16-17,21-22,24,30,32-33,39,47H,5-6,9-10,15,18-19H2,1-3H3. The monoisotopic (exact) mass is 752 g/mol. The van der Waals surface area contributed by atoms with Crippen molar-refractivity contribution >= 4 is 50.9 Å². The number of nitrogens with zero attached hydrogens (tertiary/aromatic N) is 5. The number of likely N-dealkylation sites (tertiary alicyclic amines) is 1. The van der Waals surface area contributed by atoms with E-state index >= 15 is 4.39 Å². The average molecular weight is 754 g/mol. The summed E-state index contributed by atoms with van der Waals surface area (Å²) in [5.74, 6) is 1.16. The highest BCUT2D eigenvalue weighted by Gasteiger charge is 2.52. The molecule has 3 aromatic heterocycles. The lowest BCUT2D eigenvalue weighted by molar-refractivity contribution is -0.136. The van der Waals surface area contributed by atoms with Gasteiger partial charge in [0.05, 0.1) is 46.9 Å². The van der Waals surface area contributed by atoms with E-state index in [9.17, 15) is 10.1 Å². The Morgan fingerprint density at radius 1 is 1.15 bits per heavy atom. The van der Waals surface area contributed by atoms with Gasteiger partial charge in [0.25, 0.3) is 0 Å². The van der Waals surface area contributed by atoms with Gasteiger partial charge in [-0.2, -0.15) is 5.26 Å². The molecule has 1 amide bonds. The van der Waals surface area contributed by atoms with E-state index in [4.69, 9.17) is 37.7 Å². The molecule has 0 radical (unpaired) electrons. The number of halogens is 3. The normalized spacial score (nSPS) is 24.8. The second-order valence-electron chi connectivity index (χ2n) is 15.0. The van der Waals surface area contributed by atoms with E-state index in [-0.39, 0.29) is 59.1 Å². The van der Waals surface area contributed by atoms with Gasteiger partial charge in [0.1, 0.15) is 17.4 Å². The predicted octanol–water partition coefficient (Wildman–Crippen LogP) is 8.52. The number of nitriles is 1. The molecule has 5 aromatic rings. The second kappa shape index (κ2) is 13.2. The molecule has 1 N–H and O–H groups in total. The van der Waals surface area contributed by atoms with Crippen LogP contribution in [0.15, 0.2) is 48.7 Å². The number of carbonyl (C=O) groups is 1. The van der Waals surface area contributed by atoms with Crippen LogP contribution in [-0.2, 0) is 11.2 Å². The molecule has 12 heteroatoms. The number of carbonyl (C=O) groups excluding carboxylic acids is 1. The molecular formula is C41H39Cl2FN6O3. The van der Waals surface area contributed by atoms with Crippen molar-refractivity contribution in [2.75, 3.05) is 13.7 Å². The maximum absolute atomic E-state index is 17.2. The van der Waals surface area contributed by atoms with Crippen LogP contribution in [0.4, 0.5) is 4.39 Å². The van der Waals surface area contributed by atoms with Crippen LogP contribution in [0.1, 0.15) is 68.1 Å². The fourth-order valence-corrected chi connectivity index (χ4v) is 9.54. The van der Waals surface area contributed by atoms with Crippen molar-refractivity contribution in [1.29, 1.82) is 5.26 Å². The van der Waals surface area contributed by atoms with Crippen molar-refractivity contribution in [2.45, 2.75) is 82.6 Å². The minimum absolute atomic E-state index is 0.0110. The highest BCUT2D eigenvalue weighted by Crippen LogP contribution is 2.52. The van der Waals surface area contributed by atoms with Crippen molar-refractivity contribution in [3.8, 4) is 28.8 Å². The summed E-state index contributed by atoms with van der Waals surface area (Å²) in [5, 5.41) is 15.5. The van der Waals surface area contributed by atoms with E-state index in [1.54, 1.807) is 37.6 Å². The number of benzene rings is 2. The lowest BCUT2D eigenvalue weighted by atomic mass is 9.79. The van der Waals surface area contributed by atoms with Gasteiger partial charge in [-0.25, -0.2) is 14.4 Å². The SMILES string of the molecule is COc1cc(OC2CC(c3cc4c(C)nc5c(F)c(-c6cccc(Cl)c6Cl)c(CCC#N)cc5c4n3C3C4CNC3C4)N(C(=O)C3CC3)C2C)ccn1. The lowest BCUT2D eigenvalue weighted by Crippen LogP contribution is -2.43. The van der Waals surface area contributed by atoms with Gasteiger partial charge in [0.2, 0.25) is 11.8 Å². The zero-order valence-corrected chi connectivity index (χ0v) is 31.2. The minimum atomic E-state index is -0.491. The number of rotatable bonds is 9. The Bertz CT molecular complexity index is 2340. The third kappa shape index (κ3) is 5.54. The van der Waals surface area contributed by atoms with Gasteiger partial charge in [0, 0.05) is 76.9 Å². The Morgan fingerprint density at radius 2 is 1.98 bits per heavy atom. The molecule has 2 saturated carbocycles. The van der Waals surface area contributed by atoms with Crippen molar-refractivity contribution < 1.29 is 18.7 Å². The Hall–Kier alpha value is -4.43. The smallest absolute Gasteiger partial charge is 0.226 e. The second-order valence-corrected chi connectivity index (χ2v) is 15.8. The van der Waals surface area contributed by atoms with Crippen LogP contribution in [0.25, 0.3) is 32.9 Å². The predicted molar refractivity (Wildman–Crippen MR) is 202 cm³/mol. The fourth-order valence-electron chi connectivity index (χ4n) is 9.15. The number of hydrogen-bond donors (Lipinski definition) is 1. The third-order valence-electron chi connectivity index (χ3n) is 11.9. The van der Waals surface area contributed by atoms with E-state index in [1.807, 2.05) is 19.1 Å². The molecule has 10 rings (SSSR count). The molecule has 9 nitrogen and oxygen atoms in total.